The molecule has 1 aromatic heterocycles. The number of ether oxygens (including phenoxy) is 1. The summed E-state index contributed by atoms with van der Waals surface area (Å²) in [5, 5.41) is 14.3. The smallest absolute Gasteiger partial charge is 0.358 e. The van der Waals surface area contributed by atoms with Crippen LogP contribution in [0.5, 0.6) is 0 Å². The molecule has 0 aromatic carbocycles. The first-order valence-electron chi connectivity index (χ1n) is 5.58. The Hall–Kier alpha value is -1.54. The summed E-state index contributed by atoms with van der Waals surface area (Å²) in [5.74, 6) is -0.432. The number of hydrogen-bond donors (Lipinski definition) is 0. The molecule has 8 heteroatoms. The van der Waals surface area contributed by atoms with Crippen molar-refractivity contribution in [1.29, 1.82) is 0 Å². The second-order valence-electron chi connectivity index (χ2n) is 5.17. The molecule has 0 fully saturated rings. The topological polar surface area (TPSA) is 87.3 Å². The Morgan fingerprint density at radius 2 is 2.22 bits per heavy atom. The molecule has 0 spiro atoms. The van der Waals surface area contributed by atoms with Crippen molar-refractivity contribution >= 4 is 20.2 Å². The predicted molar refractivity (Wildman–Crippen MR) is 68.4 cm³/mol. The number of aldehydes is 1. The summed E-state index contributed by atoms with van der Waals surface area (Å²) in [4.78, 5) is 20.5. The number of rotatable bonds is 7. The van der Waals surface area contributed by atoms with Gasteiger partial charge in [-0.3, -0.25) is 4.79 Å². The van der Waals surface area contributed by atoms with Crippen LogP contribution < -0.4 is 0 Å². The zero-order valence-electron chi connectivity index (χ0n) is 10.8. The molecule has 0 aliphatic carbocycles. The summed E-state index contributed by atoms with van der Waals surface area (Å²) in [6, 6.07) is 1.01. The molecular formula is C10H17N3O4Si. The molecule has 1 rings (SSSR count). The zero-order chi connectivity index (χ0) is 13.8. The number of hydrogen-bond acceptors (Lipinski definition) is 5. The van der Waals surface area contributed by atoms with Crippen molar-refractivity contribution in [1.82, 2.24) is 9.78 Å². The van der Waals surface area contributed by atoms with Crippen molar-refractivity contribution in [2.75, 3.05) is 6.61 Å². The highest BCUT2D eigenvalue weighted by molar-refractivity contribution is 6.76. The Morgan fingerprint density at radius 3 is 2.67 bits per heavy atom. The molecule has 7 nitrogen and oxygen atoms in total. The second kappa shape index (κ2) is 5.87. The number of nitrogens with zero attached hydrogens (tertiary/aromatic N) is 3. The van der Waals surface area contributed by atoms with Crippen LogP contribution in [0.3, 0.4) is 0 Å². The Bertz CT molecular complexity index is 439. The Labute approximate surface area is 106 Å². The lowest BCUT2D eigenvalue weighted by atomic mass is 10.4. The van der Waals surface area contributed by atoms with Gasteiger partial charge in [-0.2, -0.15) is 4.68 Å². The zero-order valence-corrected chi connectivity index (χ0v) is 11.8. The van der Waals surface area contributed by atoms with Crippen LogP contribution in [-0.2, 0) is 11.5 Å². The summed E-state index contributed by atoms with van der Waals surface area (Å²) in [6.45, 7) is 7.43. The molecule has 18 heavy (non-hydrogen) atoms. The summed E-state index contributed by atoms with van der Waals surface area (Å²) in [5.41, 5.74) is -0.0335. The van der Waals surface area contributed by atoms with Gasteiger partial charge in [-0.1, -0.05) is 19.6 Å². The molecule has 0 bridgehead atoms. The summed E-state index contributed by atoms with van der Waals surface area (Å²) in [7, 11) is -1.14. The lowest BCUT2D eigenvalue weighted by molar-refractivity contribution is -0.390. The fourth-order valence-electron chi connectivity index (χ4n) is 1.25. The molecular weight excluding hydrogens is 254 g/mol. The predicted octanol–water partition coefficient (Wildman–Crippen LogP) is 1.92. The minimum Gasteiger partial charge on any atom is -0.358 e. The van der Waals surface area contributed by atoms with E-state index in [-0.39, 0.29) is 12.3 Å². The van der Waals surface area contributed by atoms with Crippen molar-refractivity contribution < 1.29 is 14.5 Å². The van der Waals surface area contributed by atoms with E-state index in [0.717, 1.165) is 6.04 Å². The second-order valence-corrected chi connectivity index (χ2v) is 10.8. The van der Waals surface area contributed by atoms with Crippen molar-refractivity contribution in [3.63, 3.8) is 0 Å². The van der Waals surface area contributed by atoms with Gasteiger partial charge in [-0.25, -0.2) is 0 Å². The van der Waals surface area contributed by atoms with Crippen molar-refractivity contribution in [3.05, 3.63) is 21.9 Å². The summed E-state index contributed by atoms with van der Waals surface area (Å²) >= 11 is 0. The lowest BCUT2D eigenvalue weighted by Gasteiger charge is -2.14. The van der Waals surface area contributed by atoms with Crippen LogP contribution >= 0.6 is 0 Å². The highest BCUT2D eigenvalue weighted by Crippen LogP contribution is 2.13. The molecule has 0 unspecified atom stereocenters. The average molecular weight is 271 g/mol. The number of nitro groups is 1. The van der Waals surface area contributed by atoms with E-state index >= 15 is 0 Å². The van der Waals surface area contributed by atoms with Gasteiger partial charge in [0.15, 0.2) is 13.0 Å². The number of aromatic nitrogens is 2. The van der Waals surface area contributed by atoms with Gasteiger partial charge in [0.05, 0.1) is 11.3 Å². The Balaban J connectivity index is 2.53. The molecule has 0 saturated heterocycles. The fraction of sp³-hybridized carbons (Fsp3) is 0.600. The van der Waals surface area contributed by atoms with Gasteiger partial charge < -0.3 is 14.9 Å². The molecule has 0 N–H and O–H groups in total. The van der Waals surface area contributed by atoms with Crippen molar-refractivity contribution in [3.8, 4) is 0 Å². The Morgan fingerprint density at radius 1 is 1.56 bits per heavy atom. The standard InChI is InChI=1S/C10H17N3O4Si/c1-18(2,3)5-4-17-8-12-6-9(7-14)10(11-12)13(15)16/h6-7H,4-5,8H2,1-3H3. The van der Waals surface area contributed by atoms with Crippen LogP contribution in [-0.4, -0.2) is 35.7 Å². The quantitative estimate of drug-likeness (QED) is 0.248. The van der Waals surface area contributed by atoms with E-state index in [1.807, 2.05) is 0 Å². The van der Waals surface area contributed by atoms with Gasteiger partial charge in [0.2, 0.25) is 0 Å². The lowest BCUT2D eigenvalue weighted by Crippen LogP contribution is -2.22. The first-order chi connectivity index (χ1) is 8.33. The van der Waals surface area contributed by atoms with Gasteiger partial charge in [0, 0.05) is 14.7 Å². The van der Waals surface area contributed by atoms with E-state index in [0.29, 0.717) is 12.9 Å². The van der Waals surface area contributed by atoms with Crippen LogP contribution in [0.4, 0.5) is 5.82 Å². The molecule has 0 amide bonds. The van der Waals surface area contributed by atoms with E-state index < -0.39 is 18.8 Å². The molecule has 0 radical (unpaired) electrons. The van der Waals surface area contributed by atoms with E-state index in [1.165, 1.54) is 10.9 Å². The summed E-state index contributed by atoms with van der Waals surface area (Å²) < 4.78 is 6.65. The maximum absolute atomic E-state index is 10.6. The molecule has 0 aliphatic rings. The highest BCUT2D eigenvalue weighted by atomic mass is 28.3. The fourth-order valence-corrected chi connectivity index (χ4v) is 2.01. The maximum Gasteiger partial charge on any atom is 0.400 e. The van der Waals surface area contributed by atoms with Crippen LogP contribution in [0, 0.1) is 10.1 Å². The molecule has 0 aliphatic heterocycles. The third kappa shape index (κ3) is 4.38. The van der Waals surface area contributed by atoms with E-state index in [2.05, 4.69) is 24.7 Å². The third-order valence-corrected chi connectivity index (χ3v) is 3.99. The molecule has 100 valence electrons. The highest BCUT2D eigenvalue weighted by Gasteiger charge is 2.20. The third-order valence-electron chi connectivity index (χ3n) is 2.29. The van der Waals surface area contributed by atoms with Crippen LogP contribution in [0.2, 0.25) is 25.7 Å². The van der Waals surface area contributed by atoms with Crippen molar-refractivity contribution in [2.24, 2.45) is 0 Å². The average Bonchev–Trinajstić information content (AvgIpc) is 2.66. The van der Waals surface area contributed by atoms with Gasteiger partial charge in [0.1, 0.15) is 5.56 Å². The van der Waals surface area contributed by atoms with E-state index in [1.54, 1.807) is 0 Å². The van der Waals surface area contributed by atoms with Gasteiger partial charge >= 0.3 is 5.82 Å². The summed E-state index contributed by atoms with van der Waals surface area (Å²) in [6.07, 6.45) is 1.74. The van der Waals surface area contributed by atoms with Crippen LogP contribution in [0.25, 0.3) is 0 Å². The van der Waals surface area contributed by atoms with E-state index in [4.69, 9.17) is 4.74 Å². The number of carbonyl (C=O) groups excluding carboxylic acids is 1. The minimum absolute atomic E-state index is 0.0335. The molecule has 0 atom stereocenters. The van der Waals surface area contributed by atoms with Gasteiger partial charge in [-0.15, -0.1) is 0 Å². The van der Waals surface area contributed by atoms with Crippen LogP contribution in [0.15, 0.2) is 6.20 Å². The molecule has 1 heterocycles. The largest absolute Gasteiger partial charge is 0.400 e. The van der Waals surface area contributed by atoms with Gasteiger partial charge in [0.25, 0.3) is 0 Å². The monoisotopic (exact) mass is 271 g/mol. The van der Waals surface area contributed by atoms with Crippen LogP contribution in [0.1, 0.15) is 10.4 Å². The molecule has 0 saturated carbocycles. The number of carbonyl (C=O) groups is 1. The first kappa shape index (κ1) is 14.5. The van der Waals surface area contributed by atoms with Crippen molar-refractivity contribution in [2.45, 2.75) is 32.4 Å². The van der Waals surface area contributed by atoms with Gasteiger partial charge in [-0.05, 0) is 11.0 Å². The maximum atomic E-state index is 10.6. The Kier molecular flexibility index (Phi) is 4.74. The van der Waals surface area contributed by atoms with E-state index in [9.17, 15) is 14.9 Å². The minimum atomic E-state index is -1.14. The first-order valence-corrected chi connectivity index (χ1v) is 9.29. The normalized spacial score (nSPS) is 11.5. The SMILES string of the molecule is C[Si](C)(C)CCOCn1cc(C=O)c([N+](=O)[O-])n1. The molecule has 1 aromatic rings.